The van der Waals surface area contributed by atoms with E-state index in [4.69, 9.17) is 41.5 Å². The molecular weight excluding hydrogens is 839 g/mol. The Kier molecular flexibility index (Phi) is 16.6. The molecule has 1 N–H and O–H groups in total. The number of H-pyrrole nitrogens is 1. The molecule has 0 aliphatic heterocycles. The van der Waals surface area contributed by atoms with Gasteiger partial charge in [-0.3, -0.25) is 20.2 Å². The summed E-state index contributed by atoms with van der Waals surface area (Å²) in [6, 6.07) is 22.4. The van der Waals surface area contributed by atoms with Crippen molar-refractivity contribution in [2.45, 2.75) is 59.2 Å². The predicted octanol–water partition coefficient (Wildman–Crippen LogP) is 9.50. The average molecular weight is 877 g/mol. The molecule has 0 aliphatic rings. The number of rotatable bonds is 11. The zero-order valence-corrected chi connectivity index (χ0v) is 32.7. The lowest BCUT2D eigenvalue weighted by atomic mass is 10.2. The van der Waals surface area contributed by atoms with E-state index in [1.165, 1.54) is 24.3 Å². The Hall–Kier alpha value is -5.78. The third-order valence-corrected chi connectivity index (χ3v) is 8.15. The van der Waals surface area contributed by atoms with Crippen molar-refractivity contribution < 1.29 is 28.2 Å². The summed E-state index contributed by atoms with van der Waals surface area (Å²) in [5, 5.41) is 32.5. The van der Waals surface area contributed by atoms with Crippen LogP contribution in [0.25, 0.3) is 22.9 Å². The van der Waals surface area contributed by atoms with Gasteiger partial charge in [-0.25, -0.2) is 14.7 Å². The molecule has 2 aromatic heterocycles. The van der Waals surface area contributed by atoms with Gasteiger partial charge in [-0.05, 0) is 75.2 Å². The van der Waals surface area contributed by atoms with Crippen molar-refractivity contribution >= 4 is 50.5 Å². The van der Waals surface area contributed by atoms with Crippen LogP contribution in [0.3, 0.4) is 0 Å². The predicted molar refractivity (Wildman–Crippen MR) is 215 cm³/mol. The van der Waals surface area contributed by atoms with Crippen molar-refractivity contribution in [2.75, 3.05) is 0 Å². The van der Waals surface area contributed by atoms with Crippen molar-refractivity contribution in [3.8, 4) is 34.4 Å². The lowest BCUT2D eigenvalue weighted by Gasteiger charge is -2.11. The maximum atomic E-state index is 12.1. The third-order valence-electron chi connectivity index (χ3n) is 6.91. The van der Waals surface area contributed by atoms with Gasteiger partial charge in [0.05, 0.1) is 38.6 Å². The molecule has 6 aromatic rings. The smallest absolute Gasteiger partial charge is 0.437 e. The Labute approximate surface area is 338 Å². The summed E-state index contributed by atoms with van der Waals surface area (Å²) in [7, 11) is 0. The first-order chi connectivity index (χ1) is 26.1. The van der Waals surface area contributed by atoms with Gasteiger partial charge in [0, 0.05) is 40.7 Å². The molecule has 0 unspecified atom stereocenters. The van der Waals surface area contributed by atoms with Crippen molar-refractivity contribution in [3.63, 3.8) is 0 Å². The van der Waals surface area contributed by atoms with Crippen LogP contribution < -0.4 is 21.0 Å². The standard InChI is InChI=1S/C18H16ClN3O5.C11H11ClN2O3.C7H6BrNO2.CH4/c1-11(2)26-16-8-5-13(9-15(16)19)17-20-21(18(23)27-17)10-12-3-6-14(7-4-12)22(24)25;1-6(2)16-9-4-3-7(5-8(9)12)10-13-14-11(15)17-10;8-5-6-1-3-7(4-2-6)9(10)11;/h3-9,11H,10H2,1-2H3;3-6H,1-2H3,(H,14,15);1-4H,5H2;1H4. The number of ether oxygens (including phenoxy) is 2. The van der Waals surface area contributed by atoms with E-state index in [9.17, 15) is 29.8 Å². The number of hydrogen-bond donors (Lipinski definition) is 1. The van der Waals surface area contributed by atoms with E-state index in [1.807, 2.05) is 27.7 Å². The van der Waals surface area contributed by atoms with E-state index in [0.29, 0.717) is 38.2 Å². The highest BCUT2D eigenvalue weighted by Crippen LogP contribution is 2.31. The molecule has 19 heteroatoms. The monoisotopic (exact) mass is 874 g/mol. The molecule has 0 spiro atoms. The molecule has 296 valence electrons. The number of hydrogen-bond acceptors (Lipinski definition) is 12. The molecule has 0 radical (unpaired) electrons. The summed E-state index contributed by atoms with van der Waals surface area (Å²) in [6.07, 6.45) is 0.0221. The fraction of sp³-hybridized carbons (Fsp3) is 0.243. The van der Waals surface area contributed by atoms with Gasteiger partial charge in [0.2, 0.25) is 11.8 Å². The van der Waals surface area contributed by atoms with E-state index >= 15 is 0 Å². The van der Waals surface area contributed by atoms with E-state index in [0.717, 1.165) is 15.6 Å². The Morgan fingerprint density at radius 1 is 0.750 bits per heavy atom. The van der Waals surface area contributed by atoms with Gasteiger partial charge in [-0.15, -0.1) is 10.2 Å². The van der Waals surface area contributed by atoms with Crippen LogP contribution in [-0.2, 0) is 11.9 Å². The zero-order valence-electron chi connectivity index (χ0n) is 29.6. The fourth-order valence-corrected chi connectivity index (χ4v) is 5.27. The number of aromatic amines is 1. The first-order valence-corrected chi connectivity index (χ1v) is 18.1. The summed E-state index contributed by atoms with van der Waals surface area (Å²) in [4.78, 5) is 42.9. The molecule has 4 aromatic carbocycles. The quantitative estimate of drug-likeness (QED) is 0.0732. The molecule has 0 bridgehead atoms. The van der Waals surface area contributed by atoms with Crippen LogP contribution in [0, 0.1) is 20.2 Å². The molecule has 16 nitrogen and oxygen atoms in total. The number of non-ortho nitro benzene ring substituents is 2. The van der Waals surface area contributed by atoms with Crippen molar-refractivity contribution in [1.29, 1.82) is 0 Å². The van der Waals surface area contributed by atoms with Crippen LogP contribution in [0.1, 0.15) is 46.2 Å². The number of halogens is 3. The summed E-state index contributed by atoms with van der Waals surface area (Å²) in [5.41, 5.74) is 2.98. The molecular formula is C37H37BrCl2N6O10. The minimum atomic E-state index is -0.637. The Morgan fingerprint density at radius 3 is 1.61 bits per heavy atom. The van der Waals surface area contributed by atoms with Crippen molar-refractivity contribution in [3.05, 3.63) is 147 Å². The summed E-state index contributed by atoms with van der Waals surface area (Å²) < 4.78 is 22.2. The van der Waals surface area contributed by atoms with E-state index in [2.05, 4.69) is 31.2 Å². The summed E-state index contributed by atoms with van der Waals surface area (Å²) in [6.45, 7) is 7.74. The lowest BCUT2D eigenvalue weighted by Crippen LogP contribution is -2.16. The minimum Gasteiger partial charge on any atom is -0.489 e. The molecule has 0 atom stereocenters. The van der Waals surface area contributed by atoms with Crippen LogP contribution in [0.15, 0.2) is 103 Å². The molecule has 0 aliphatic carbocycles. The lowest BCUT2D eigenvalue weighted by molar-refractivity contribution is -0.385. The van der Waals surface area contributed by atoms with Gasteiger partial charge >= 0.3 is 11.5 Å². The van der Waals surface area contributed by atoms with E-state index < -0.39 is 21.4 Å². The molecule has 56 heavy (non-hydrogen) atoms. The molecule has 0 saturated carbocycles. The van der Waals surface area contributed by atoms with Gasteiger partial charge in [0.1, 0.15) is 11.5 Å². The second kappa shape index (κ2) is 20.8. The number of nitrogens with one attached hydrogen (secondary N) is 1. The number of nitro groups is 2. The number of nitrogens with zero attached hydrogens (tertiary/aromatic N) is 5. The van der Waals surface area contributed by atoms with Crippen LogP contribution >= 0.6 is 39.1 Å². The highest BCUT2D eigenvalue weighted by molar-refractivity contribution is 9.08. The van der Waals surface area contributed by atoms with Crippen LogP contribution in [0.2, 0.25) is 10.0 Å². The zero-order chi connectivity index (χ0) is 40.2. The highest BCUT2D eigenvalue weighted by Gasteiger charge is 2.15. The summed E-state index contributed by atoms with van der Waals surface area (Å²) in [5.74, 6) is 0.208. The molecule has 6 rings (SSSR count). The van der Waals surface area contributed by atoms with Crippen LogP contribution in [0.4, 0.5) is 11.4 Å². The Balaban J connectivity index is 0.000000247. The van der Waals surface area contributed by atoms with E-state index in [-0.39, 0.29) is 49.3 Å². The Morgan fingerprint density at radius 2 is 1.21 bits per heavy atom. The van der Waals surface area contributed by atoms with Crippen LogP contribution in [0.5, 0.6) is 11.5 Å². The highest BCUT2D eigenvalue weighted by atomic mass is 79.9. The van der Waals surface area contributed by atoms with Gasteiger partial charge in [0.15, 0.2) is 0 Å². The second-order valence-electron chi connectivity index (χ2n) is 11.9. The van der Waals surface area contributed by atoms with Crippen molar-refractivity contribution in [2.24, 2.45) is 0 Å². The Bertz CT molecular complexity index is 2340. The number of nitro benzene ring substituents is 2. The van der Waals surface area contributed by atoms with Gasteiger partial charge in [-0.1, -0.05) is 70.8 Å². The van der Waals surface area contributed by atoms with Gasteiger partial charge in [-0.2, -0.15) is 4.68 Å². The van der Waals surface area contributed by atoms with Gasteiger partial charge < -0.3 is 18.3 Å². The molecule has 0 amide bonds. The largest absolute Gasteiger partial charge is 0.489 e. The first kappa shape index (κ1) is 44.6. The molecule has 0 fully saturated rings. The topological polar surface area (TPSA) is 212 Å². The minimum absolute atomic E-state index is 0. The first-order valence-electron chi connectivity index (χ1n) is 16.2. The number of benzene rings is 4. The molecule has 2 heterocycles. The van der Waals surface area contributed by atoms with E-state index in [1.54, 1.807) is 60.7 Å². The van der Waals surface area contributed by atoms with Crippen molar-refractivity contribution in [1.82, 2.24) is 20.0 Å². The molecule has 0 saturated heterocycles. The van der Waals surface area contributed by atoms with Gasteiger partial charge in [0.25, 0.3) is 11.4 Å². The normalized spacial score (nSPS) is 10.4. The third kappa shape index (κ3) is 12.9. The maximum absolute atomic E-state index is 12.1. The maximum Gasteiger partial charge on any atom is 0.437 e. The number of aromatic nitrogens is 4. The van der Waals surface area contributed by atoms with Crippen LogP contribution in [-0.4, -0.2) is 42.0 Å². The number of alkyl halides is 1. The fourth-order valence-electron chi connectivity index (χ4n) is 4.45. The SMILES string of the molecule is C.CC(C)Oc1ccc(-c2n[nH]c(=O)o2)cc1Cl.CC(C)Oc1ccc(-c2nn(Cc3ccc([N+](=O)[O-])cc3)c(=O)o2)cc1Cl.O=[N+]([O-])c1ccc(CBr)cc1. The average Bonchev–Trinajstić information content (AvgIpc) is 3.75. The summed E-state index contributed by atoms with van der Waals surface area (Å²) >= 11 is 15.5. The second-order valence-corrected chi connectivity index (χ2v) is 13.2.